The minimum absolute atomic E-state index is 0.0423. The van der Waals surface area contributed by atoms with E-state index < -0.39 is 6.04 Å². The van der Waals surface area contributed by atoms with Crippen LogP contribution in [-0.4, -0.2) is 50.6 Å². The van der Waals surface area contributed by atoms with Crippen LogP contribution in [0.4, 0.5) is 0 Å². The molecule has 0 aliphatic carbocycles. The molecule has 0 bridgehead atoms. The topological polar surface area (TPSA) is 77.1 Å². The molecule has 3 rings (SSSR count). The van der Waals surface area contributed by atoms with Gasteiger partial charge in [-0.3, -0.25) is 9.59 Å². The van der Waals surface area contributed by atoms with Crippen molar-refractivity contribution in [2.75, 3.05) is 27.9 Å². The fraction of sp³-hybridized carbons (Fsp3) is 0.355. The Balaban J connectivity index is 1.80. The SMILES string of the molecule is CCCC(=O)N(Cc1ccc(OC)cc1)C(Cc1ccccc1)C(=O)NCCc1ccc(OC)c(OC)c1. The minimum atomic E-state index is -0.649. The van der Waals surface area contributed by atoms with Crippen molar-refractivity contribution in [1.29, 1.82) is 0 Å². The maximum absolute atomic E-state index is 13.6. The van der Waals surface area contributed by atoms with Crippen molar-refractivity contribution in [2.45, 2.75) is 45.2 Å². The number of rotatable bonds is 14. The number of carbonyl (C=O) groups excluding carboxylic acids is 2. The monoisotopic (exact) mass is 518 g/mol. The number of methoxy groups -OCH3 is 3. The third-order valence-corrected chi connectivity index (χ3v) is 6.41. The molecule has 1 atom stereocenters. The lowest BCUT2D eigenvalue weighted by atomic mass is 10.0. The highest BCUT2D eigenvalue weighted by molar-refractivity contribution is 5.88. The lowest BCUT2D eigenvalue weighted by Gasteiger charge is -2.31. The number of amides is 2. The molecule has 202 valence electrons. The molecule has 3 aromatic carbocycles. The fourth-order valence-corrected chi connectivity index (χ4v) is 4.32. The molecule has 0 saturated carbocycles. The second-order valence-electron chi connectivity index (χ2n) is 9.06. The van der Waals surface area contributed by atoms with Crippen LogP contribution in [0.3, 0.4) is 0 Å². The van der Waals surface area contributed by atoms with Crippen molar-refractivity contribution in [3.05, 3.63) is 89.5 Å². The second-order valence-corrected chi connectivity index (χ2v) is 9.06. The summed E-state index contributed by atoms with van der Waals surface area (Å²) in [6.45, 7) is 2.74. The smallest absolute Gasteiger partial charge is 0.243 e. The van der Waals surface area contributed by atoms with Crippen LogP contribution in [-0.2, 0) is 29.0 Å². The molecular formula is C31H38N2O5. The number of ether oxygens (including phenoxy) is 3. The van der Waals surface area contributed by atoms with E-state index in [0.29, 0.717) is 50.3 Å². The van der Waals surface area contributed by atoms with Gasteiger partial charge in [-0.25, -0.2) is 0 Å². The summed E-state index contributed by atoms with van der Waals surface area (Å²) in [6.07, 6.45) is 2.12. The van der Waals surface area contributed by atoms with E-state index in [1.165, 1.54) is 0 Å². The molecule has 0 saturated heterocycles. The van der Waals surface area contributed by atoms with E-state index in [-0.39, 0.29) is 11.8 Å². The van der Waals surface area contributed by atoms with E-state index in [0.717, 1.165) is 22.4 Å². The lowest BCUT2D eigenvalue weighted by molar-refractivity contribution is -0.141. The summed E-state index contributed by atoms with van der Waals surface area (Å²) in [4.78, 5) is 28.7. The largest absolute Gasteiger partial charge is 0.497 e. The van der Waals surface area contributed by atoms with Gasteiger partial charge in [0.25, 0.3) is 0 Å². The van der Waals surface area contributed by atoms with Crippen molar-refractivity contribution in [3.8, 4) is 17.2 Å². The van der Waals surface area contributed by atoms with Gasteiger partial charge in [-0.05, 0) is 53.8 Å². The average Bonchev–Trinajstić information content (AvgIpc) is 2.95. The summed E-state index contributed by atoms with van der Waals surface area (Å²) in [6, 6.07) is 22.5. The van der Waals surface area contributed by atoms with Crippen LogP contribution in [0.1, 0.15) is 36.5 Å². The second kappa shape index (κ2) is 14.7. The molecule has 0 aliphatic heterocycles. The van der Waals surface area contributed by atoms with Crippen LogP contribution in [0.2, 0.25) is 0 Å². The predicted molar refractivity (Wildman–Crippen MR) is 149 cm³/mol. The van der Waals surface area contributed by atoms with Crippen molar-refractivity contribution in [1.82, 2.24) is 10.2 Å². The Kier molecular flexibility index (Phi) is 11.0. The van der Waals surface area contributed by atoms with Crippen molar-refractivity contribution < 1.29 is 23.8 Å². The molecule has 7 heteroatoms. The first-order valence-corrected chi connectivity index (χ1v) is 12.9. The number of hydrogen-bond acceptors (Lipinski definition) is 5. The summed E-state index contributed by atoms with van der Waals surface area (Å²) in [5.41, 5.74) is 2.95. The number of carbonyl (C=O) groups is 2. The Morgan fingerprint density at radius 3 is 2.13 bits per heavy atom. The van der Waals surface area contributed by atoms with Crippen LogP contribution in [0, 0.1) is 0 Å². The molecule has 0 heterocycles. The first-order chi connectivity index (χ1) is 18.5. The molecule has 0 aliphatic rings. The van der Waals surface area contributed by atoms with E-state index in [1.54, 1.807) is 26.2 Å². The van der Waals surface area contributed by atoms with E-state index in [4.69, 9.17) is 14.2 Å². The van der Waals surface area contributed by atoms with Gasteiger partial charge >= 0.3 is 0 Å². The Morgan fingerprint density at radius 1 is 0.816 bits per heavy atom. The van der Waals surface area contributed by atoms with Crippen LogP contribution >= 0.6 is 0 Å². The molecule has 0 radical (unpaired) electrons. The number of hydrogen-bond donors (Lipinski definition) is 1. The number of benzene rings is 3. The normalized spacial score (nSPS) is 11.4. The molecule has 38 heavy (non-hydrogen) atoms. The first-order valence-electron chi connectivity index (χ1n) is 12.9. The predicted octanol–water partition coefficient (Wildman–Crippen LogP) is 4.81. The molecular weight excluding hydrogens is 480 g/mol. The zero-order chi connectivity index (χ0) is 27.3. The van der Waals surface area contributed by atoms with Gasteiger partial charge in [0.1, 0.15) is 11.8 Å². The molecule has 1 unspecified atom stereocenters. The highest BCUT2D eigenvalue weighted by Gasteiger charge is 2.29. The third kappa shape index (κ3) is 8.00. The molecule has 0 aromatic heterocycles. The molecule has 0 fully saturated rings. The first kappa shape index (κ1) is 28.6. The Morgan fingerprint density at radius 2 is 1.50 bits per heavy atom. The van der Waals surface area contributed by atoms with Crippen LogP contribution < -0.4 is 19.5 Å². The van der Waals surface area contributed by atoms with E-state index in [9.17, 15) is 9.59 Å². The van der Waals surface area contributed by atoms with Crippen LogP contribution in [0.15, 0.2) is 72.8 Å². The molecule has 2 amide bonds. The van der Waals surface area contributed by atoms with Crippen LogP contribution in [0.25, 0.3) is 0 Å². The lowest BCUT2D eigenvalue weighted by Crippen LogP contribution is -2.50. The number of nitrogens with zero attached hydrogens (tertiary/aromatic N) is 1. The highest BCUT2D eigenvalue weighted by atomic mass is 16.5. The van der Waals surface area contributed by atoms with Crippen molar-refractivity contribution in [3.63, 3.8) is 0 Å². The summed E-state index contributed by atoms with van der Waals surface area (Å²) in [5.74, 6) is 1.83. The fourth-order valence-electron chi connectivity index (χ4n) is 4.32. The van der Waals surface area contributed by atoms with E-state index in [1.807, 2.05) is 79.7 Å². The van der Waals surface area contributed by atoms with Gasteiger partial charge in [-0.15, -0.1) is 0 Å². The maximum atomic E-state index is 13.6. The Bertz CT molecular complexity index is 1160. The van der Waals surface area contributed by atoms with E-state index in [2.05, 4.69) is 5.32 Å². The summed E-state index contributed by atoms with van der Waals surface area (Å²) in [5, 5.41) is 3.07. The summed E-state index contributed by atoms with van der Waals surface area (Å²) in [7, 11) is 4.82. The zero-order valence-electron chi connectivity index (χ0n) is 22.7. The molecule has 1 N–H and O–H groups in total. The van der Waals surface area contributed by atoms with Gasteiger partial charge in [0.15, 0.2) is 11.5 Å². The summed E-state index contributed by atoms with van der Waals surface area (Å²) < 4.78 is 16.0. The van der Waals surface area contributed by atoms with Crippen LogP contribution in [0.5, 0.6) is 17.2 Å². The number of nitrogens with one attached hydrogen (secondary N) is 1. The molecule has 0 spiro atoms. The average molecular weight is 519 g/mol. The van der Waals surface area contributed by atoms with Crippen molar-refractivity contribution >= 4 is 11.8 Å². The van der Waals surface area contributed by atoms with Gasteiger partial charge < -0.3 is 24.4 Å². The van der Waals surface area contributed by atoms with Crippen molar-refractivity contribution in [2.24, 2.45) is 0 Å². The van der Waals surface area contributed by atoms with Gasteiger partial charge in [-0.2, -0.15) is 0 Å². The standard InChI is InChI=1S/C31H38N2O5/c1-5-9-30(34)33(22-25-12-15-26(36-2)16-13-25)27(20-23-10-7-6-8-11-23)31(35)32-19-18-24-14-17-28(37-3)29(21-24)38-4/h6-8,10-17,21,27H,5,9,18-20,22H2,1-4H3,(H,32,35). The quantitative estimate of drug-likeness (QED) is 0.331. The van der Waals surface area contributed by atoms with Gasteiger partial charge in [0.05, 0.1) is 21.3 Å². The third-order valence-electron chi connectivity index (χ3n) is 6.41. The van der Waals surface area contributed by atoms with Gasteiger partial charge in [0.2, 0.25) is 11.8 Å². The molecule has 7 nitrogen and oxygen atoms in total. The van der Waals surface area contributed by atoms with Gasteiger partial charge in [-0.1, -0.05) is 55.5 Å². The highest BCUT2D eigenvalue weighted by Crippen LogP contribution is 2.27. The zero-order valence-corrected chi connectivity index (χ0v) is 22.7. The summed E-state index contributed by atoms with van der Waals surface area (Å²) >= 11 is 0. The van der Waals surface area contributed by atoms with E-state index >= 15 is 0 Å². The Hall–Kier alpha value is -4.00. The minimum Gasteiger partial charge on any atom is -0.497 e. The maximum Gasteiger partial charge on any atom is 0.243 e. The Labute approximate surface area is 225 Å². The van der Waals surface area contributed by atoms with Gasteiger partial charge in [0, 0.05) is 25.9 Å². The molecule has 3 aromatic rings.